The Morgan fingerprint density at radius 2 is 1.88 bits per heavy atom. The van der Waals surface area contributed by atoms with Gasteiger partial charge in [0.05, 0.1) is 10.5 Å². The number of rotatable bonds is 5. The first-order valence-electron chi connectivity index (χ1n) is 7.93. The van der Waals surface area contributed by atoms with Crippen LogP contribution >= 0.6 is 11.8 Å². The third kappa shape index (κ3) is 4.22. The summed E-state index contributed by atoms with van der Waals surface area (Å²) in [5.74, 6) is -1.11. The highest BCUT2D eigenvalue weighted by Gasteiger charge is 2.27. The average Bonchev–Trinajstić information content (AvgIpc) is 2.95. The van der Waals surface area contributed by atoms with Gasteiger partial charge in [-0.2, -0.15) is 0 Å². The van der Waals surface area contributed by atoms with Gasteiger partial charge in [0.25, 0.3) is 5.91 Å². The molecule has 0 bridgehead atoms. The summed E-state index contributed by atoms with van der Waals surface area (Å²) in [6, 6.07) is 14.5. The monoisotopic (exact) mass is 354 g/mol. The third-order valence-corrected chi connectivity index (χ3v) is 4.87. The van der Waals surface area contributed by atoms with Crippen LogP contribution in [0.3, 0.4) is 0 Å². The lowest BCUT2D eigenvalue weighted by Crippen LogP contribution is -2.30. The molecule has 1 saturated heterocycles. The molecule has 1 fully saturated rings. The van der Waals surface area contributed by atoms with Crippen molar-refractivity contribution in [2.24, 2.45) is 0 Å². The fourth-order valence-corrected chi connectivity index (χ4v) is 3.41. The standard InChI is InChI=1S/C19H18N2O3S/c1-2-12-5-9-15(10-6-12)20-19-21-17(22)16(25-19)11-13-3-7-14(8-4-13)18(23)24/h3-11,19-20H,2H2,1H3,(H,21,22)(H,23,24)/b16-11-/t19-/m0/s1. The number of anilines is 1. The van der Waals surface area contributed by atoms with Crippen molar-refractivity contribution in [1.82, 2.24) is 5.32 Å². The minimum absolute atomic E-state index is 0.144. The molecule has 0 unspecified atom stereocenters. The van der Waals surface area contributed by atoms with Gasteiger partial charge in [-0.05, 0) is 47.9 Å². The molecule has 2 aromatic carbocycles. The predicted molar refractivity (Wildman–Crippen MR) is 100 cm³/mol. The van der Waals surface area contributed by atoms with E-state index in [2.05, 4.69) is 29.7 Å². The second-order valence-corrected chi connectivity index (χ2v) is 6.75. The van der Waals surface area contributed by atoms with Gasteiger partial charge in [0, 0.05) is 5.69 Å². The van der Waals surface area contributed by atoms with Crippen molar-refractivity contribution in [2.45, 2.75) is 18.8 Å². The van der Waals surface area contributed by atoms with E-state index in [1.165, 1.54) is 29.5 Å². The summed E-state index contributed by atoms with van der Waals surface area (Å²) >= 11 is 1.40. The van der Waals surface area contributed by atoms with E-state index in [1.807, 2.05) is 12.1 Å². The molecule has 128 valence electrons. The van der Waals surface area contributed by atoms with Gasteiger partial charge in [0.1, 0.15) is 0 Å². The zero-order valence-corrected chi connectivity index (χ0v) is 14.5. The Morgan fingerprint density at radius 1 is 1.20 bits per heavy atom. The summed E-state index contributed by atoms with van der Waals surface area (Å²) in [6.45, 7) is 2.11. The normalized spacial score (nSPS) is 18.2. The van der Waals surface area contributed by atoms with Crippen LogP contribution in [-0.2, 0) is 11.2 Å². The van der Waals surface area contributed by atoms with E-state index in [0.717, 1.165) is 17.7 Å². The SMILES string of the molecule is CCc1ccc(N[C@H]2NC(=O)/C(=C/c3ccc(C(=O)O)cc3)S2)cc1. The number of carbonyl (C=O) groups excluding carboxylic acids is 1. The molecule has 2 aromatic rings. The number of hydrogen-bond donors (Lipinski definition) is 3. The molecule has 1 heterocycles. The smallest absolute Gasteiger partial charge is 0.335 e. The van der Waals surface area contributed by atoms with Gasteiger partial charge in [0.2, 0.25) is 0 Å². The number of nitrogens with one attached hydrogen (secondary N) is 2. The van der Waals surface area contributed by atoms with E-state index < -0.39 is 5.97 Å². The number of amides is 1. The van der Waals surface area contributed by atoms with E-state index in [1.54, 1.807) is 18.2 Å². The molecule has 0 aliphatic carbocycles. The van der Waals surface area contributed by atoms with Crippen LogP contribution in [0.5, 0.6) is 0 Å². The van der Waals surface area contributed by atoms with Crippen molar-refractivity contribution < 1.29 is 14.7 Å². The van der Waals surface area contributed by atoms with E-state index in [0.29, 0.717) is 4.91 Å². The predicted octanol–water partition coefficient (Wildman–Crippen LogP) is 3.55. The number of aryl methyl sites for hydroxylation is 1. The highest BCUT2D eigenvalue weighted by molar-refractivity contribution is 8.05. The second kappa shape index (κ2) is 7.44. The van der Waals surface area contributed by atoms with E-state index >= 15 is 0 Å². The van der Waals surface area contributed by atoms with Crippen LogP contribution in [-0.4, -0.2) is 22.5 Å². The summed E-state index contributed by atoms with van der Waals surface area (Å²) in [5.41, 5.74) is 2.99. The lowest BCUT2D eigenvalue weighted by Gasteiger charge is -2.12. The first-order valence-corrected chi connectivity index (χ1v) is 8.81. The molecule has 0 radical (unpaired) electrons. The molecular weight excluding hydrogens is 336 g/mol. The van der Waals surface area contributed by atoms with E-state index in [9.17, 15) is 9.59 Å². The fraction of sp³-hybridized carbons (Fsp3) is 0.158. The van der Waals surface area contributed by atoms with Crippen molar-refractivity contribution in [3.05, 3.63) is 70.1 Å². The summed E-state index contributed by atoms with van der Waals surface area (Å²) < 4.78 is 0. The molecular formula is C19H18N2O3S. The Kier molecular flexibility index (Phi) is 5.09. The number of carboxylic acids is 1. The number of thioether (sulfide) groups is 1. The molecule has 1 amide bonds. The number of carbonyl (C=O) groups is 2. The third-order valence-electron chi connectivity index (χ3n) is 3.85. The molecule has 1 aliphatic rings. The summed E-state index contributed by atoms with van der Waals surface area (Å²) in [7, 11) is 0. The van der Waals surface area contributed by atoms with Gasteiger partial charge in [-0.3, -0.25) is 4.79 Å². The molecule has 1 atom stereocenters. The van der Waals surface area contributed by atoms with Gasteiger partial charge in [-0.1, -0.05) is 43.0 Å². The van der Waals surface area contributed by atoms with Gasteiger partial charge < -0.3 is 15.7 Å². The van der Waals surface area contributed by atoms with Crippen LogP contribution in [0.4, 0.5) is 5.69 Å². The van der Waals surface area contributed by atoms with Crippen molar-refractivity contribution in [2.75, 3.05) is 5.32 Å². The maximum absolute atomic E-state index is 12.1. The van der Waals surface area contributed by atoms with Gasteiger partial charge in [-0.25, -0.2) is 4.79 Å². The highest BCUT2D eigenvalue weighted by Crippen LogP contribution is 2.30. The van der Waals surface area contributed by atoms with Crippen molar-refractivity contribution in [3.63, 3.8) is 0 Å². The summed E-state index contributed by atoms with van der Waals surface area (Å²) in [6.07, 6.45) is 2.75. The van der Waals surface area contributed by atoms with Crippen LogP contribution in [0.1, 0.15) is 28.4 Å². The molecule has 3 rings (SSSR count). The zero-order chi connectivity index (χ0) is 17.8. The molecule has 0 spiro atoms. The van der Waals surface area contributed by atoms with Crippen molar-refractivity contribution in [3.8, 4) is 0 Å². The second-order valence-electron chi connectivity index (χ2n) is 5.60. The summed E-state index contributed by atoms with van der Waals surface area (Å²) in [5, 5.41) is 15.1. The Balaban J connectivity index is 1.67. The molecule has 3 N–H and O–H groups in total. The van der Waals surface area contributed by atoms with Gasteiger partial charge in [0.15, 0.2) is 5.50 Å². The first kappa shape index (κ1) is 17.1. The maximum Gasteiger partial charge on any atom is 0.335 e. The van der Waals surface area contributed by atoms with Crippen LogP contribution in [0, 0.1) is 0 Å². The van der Waals surface area contributed by atoms with E-state index in [-0.39, 0.29) is 17.0 Å². The minimum Gasteiger partial charge on any atom is -0.478 e. The molecule has 0 aromatic heterocycles. The van der Waals surface area contributed by atoms with Crippen molar-refractivity contribution in [1.29, 1.82) is 0 Å². The first-order chi connectivity index (χ1) is 12.0. The lowest BCUT2D eigenvalue weighted by atomic mass is 10.1. The number of carboxylic acid groups (broad SMARTS) is 1. The molecule has 0 saturated carbocycles. The van der Waals surface area contributed by atoms with Crippen LogP contribution < -0.4 is 10.6 Å². The lowest BCUT2D eigenvalue weighted by molar-refractivity contribution is -0.116. The van der Waals surface area contributed by atoms with E-state index in [4.69, 9.17) is 5.11 Å². The Bertz CT molecular complexity index is 814. The number of benzene rings is 2. The number of hydrogen-bond acceptors (Lipinski definition) is 4. The summed E-state index contributed by atoms with van der Waals surface area (Å²) in [4.78, 5) is 23.6. The van der Waals surface area contributed by atoms with Crippen LogP contribution in [0.25, 0.3) is 6.08 Å². The van der Waals surface area contributed by atoms with Crippen LogP contribution in [0.15, 0.2) is 53.4 Å². The number of aromatic carboxylic acids is 1. The Labute approximate surface area is 150 Å². The van der Waals surface area contributed by atoms with Gasteiger partial charge >= 0.3 is 5.97 Å². The average molecular weight is 354 g/mol. The fourth-order valence-electron chi connectivity index (χ4n) is 2.43. The van der Waals surface area contributed by atoms with Crippen LogP contribution in [0.2, 0.25) is 0 Å². The topological polar surface area (TPSA) is 78.4 Å². The Morgan fingerprint density at radius 3 is 2.48 bits per heavy atom. The molecule has 25 heavy (non-hydrogen) atoms. The largest absolute Gasteiger partial charge is 0.478 e. The molecule has 1 aliphatic heterocycles. The van der Waals surface area contributed by atoms with Gasteiger partial charge in [-0.15, -0.1) is 0 Å². The molecule has 5 nitrogen and oxygen atoms in total. The zero-order valence-electron chi connectivity index (χ0n) is 13.7. The highest BCUT2D eigenvalue weighted by atomic mass is 32.2. The maximum atomic E-state index is 12.1. The Hall–Kier alpha value is -2.73. The molecule has 6 heteroatoms. The minimum atomic E-state index is -0.967. The van der Waals surface area contributed by atoms with Crippen molar-refractivity contribution >= 4 is 35.4 Å². The quantitative estimate of drug-likeness (QED) is 0.716.